The Bertz CT molecular complexity index is 794. The number of nitrogens with zero attached hydrogens (tertiary/aromatic N) is 3. The first-order valence-corrected chi connectivity index (χ1v) is 7.93. The van der Waals surface area contributed by atoms with Gasteiger partial charge < -0.3 is 9.64 Å². The summed E-state index contributed by atoms with van der Waals surface area (Å²) in [7, 11) is 1.28. The summed E-state index contributed by atoms with van der Waals surface area (Å²) >= 11 is 0. The smallest absolute Gasteiger partial charge is 0.310 e. The van der Waals surface area contributed by atoms with Gasteiger partial charge in [-0.25, -0.2) is 0 Å². The highest BCUT2D eigenvalue weighted by Gasteiger charge is 2.24. The number of ether oxygens (including phenoxy) is 1. The highest BCUT2D eigenvalue weighted by Crippen LogP contribution is 2.17. The normalized spacial score (nSPS) is 11.5. The van der Waals surface area contributed by atoms with Crippen molar-refractivity contribution in [2.45, 2.75) is 13.5 Å². The highest BCUT2D eigenvalue weighted by atomic mass is 16.6. The summed E-state index contributed by atoms with van der Waals surface area (Å²) < 4.78 is 4.72. The summed E-state index contributed by atoms with van der Waals surface area (Å²) in [6.07, 6.45) is 3.24. The Morgan fingerprint density at radius 3 is 2.69 bits per heavy atom. The van der Waals surface area contributed by atoms with E-state index in [0.29, 0.717) is 0 Å². The van der Waals surface area contributed by atoms with Gasteiger partial charge in [0.2, 0.25) is 0 Å². The molecule has 2 aromatic rings. The number of nitro benzene ring substituents is 1. The highest BCUT2D eigenvalue weighted by molar-refractivity contribution is 5.95. The van der Waals surface area contributed by atoms with E-state index >= 15 is 0 Å². The van der Waals surface area contributed by atoms with Crippen molar-refractivity contribution >= 4 is 17.6 Å². The molecule has 8 nitrogen and oxygen atoms in total. The molecular weight excluding hydrogens is 338 g/mol. The lowest BCUT2D eigenvalue weighted by Gasteiger charge is -2.25. The molecule has 0 bridgehead atoms. The van der Waals surface area contributed by atoms with Gasteiger partial charge in [-0.15, -0.1) is 0 Å². The monoisotopic (exact) mass is 357 g/mol. The van der Waals surface area contributed by atoms with Crippen LogP contribution in [0.2, 0.25) is 0 Å². The minimum atomic E-state index is -0.556. The number of hydrogen-bond donors (Lipinski definition) is 0. The van der Waals surface area contributed by atoms with Gasteiger partial charge in [0, 0.05) is 43.2 Å². The number of methoxy groups -OCH3 is 1. The van der Waals surface area contributed by atoms with E-state index in [0.717, 1.165) is 5.56 Å². The van der Waals surface area contributed by atoms with Gasteiger partial charge in [0.15, 0.2) is 0 Å². The number of aromatic nitrogens is 1. The zero-order chi connectivity index (χ0) is 19.1. The van der Waals surface area contributed by atoms with Gasteiger partial charge in [0.25, 0.3) is 11.6 Å². The molecule has 1 heterocycles. The number of hydrogen-bond acceptors (Lipinski definition) is 6. The van der Waals surface area contributed by atoms with Crippen molar-refractivity contribution in [3.05, 3.63) is 70.0 Å². The van der Waals surface area contributed by atoms with Crippen molar-refractivity contribution in [3.63, 3.8) is 0 Å². The van der Waals surface area contributed by atoms with Crippen LogP contribution < -0.4 is 0 Å². The van der Waals surface area contributed by atoms with E-state index in [1.165, 1.54) is 36.3 Å². The predicted octanol–water partition coefficient (Wildman–Crippen LogP) is 2.44. The standard InChI is InChI=1S/C18H19N3O5/c1-13(18(23)26-2)11-20(12-14-5-4-8-19-10-14)17(22)15-6-3-7-16(9-15)21(24)25/h3-10,13H,11-12H2,1-2H3. The number of carbonyl (C=O) groups is 2. The number of carbonyl (C=O) groups excluding carboxylic acids is 2. The Labute approximate surface area is 150 Å². The quantitative estimate of drug-likeness (QED) is 0.428. The maximum atomic E-state index is 12.9. The molecule has 1 amide bonds. The van der Waals surface area contributed by atoms with E-state index in [1.807, 2.05) is 6.07 Å². The predicted molar refractivity (Wildman–Crippen MR) is 93.3 cm³/mol. The number of rotatable bonds is 7. The molecule has 0 fully saturated rings. The molecule has 1 unspecified atom stereocenters. The van der Waals surface area contributed by atoms with Crippen LogP contribution in [0.5, 0.6) is 0 Å². The molecule has 0 N–H and O–H groups in total. The lowest BCUT2D eigenvalue weighted by atomic mass is 10.1. The zero-order valence-electron chi connectivity index (χ0n) is 14.5. The molecule has 1 atom stereocenters. The van der Waals surface area contributed by atoms with Crippen molar-refractivity contribution in [1.82, 2.24) is 9.88 Å². The van der Waals surface area contributed by atoms with Crippen molar-refractivity contribution in [1.29, 1.82) is 0 Å². The minimum Gasteiger partial charge on any atom is -0.469 e. The third-order valence-electron chi connectivity index (χ3n) is 3.79. The fraction of sp³-hybridized carbons (Fsp3) is 0.278. The fourth-order valence-corrected chi connectivity index (χ4v) is 2.47. The SMILES string of the molecule is COC(=O)C(C)CN(Cc1cccnc1)C(=O)c1cccc([N+](=O)[O-])c1. The van der Waals surface area contributed by atoms with Gasteiger partial charge in [-0.1, -0.05) is 19.1 Å². The fourth-order valence-electron chi connectivity index (χ4n) is 2.47. The molecule has 0 radical (unpaired) electrons. The van der Waals surface area contributed by atoms with Crippen molar-refractivity contribution in [3.8, 4) is 0 Å². The first-order chi connectivity index (χ1) is 12.4. The van der Waals surface area contributed by atoms with Gasteiger partial charge in [0.1, 0.15) is 0 Å². The van der Waals surface area contributed by atoms with Crippen LogP contribution in [0.3, 0.4) is 0 Å². The minimum absolute atomic E-state index is 0.114. The Morgan fingerprint density at radius 2 is 2.08 bits per heavy atom. The Hall–Kier alpha value is -3.29. The summed E-state index contributed by atoms with van der Waals surface area (Å²) in [6.45, 7) is 1.99. The number of nitro groups is 1. The van der Waals surface area contributed by atoms with Gasteiger partial charge in [0.05, 0.1) is 18.0 Å². The second-order valence-electron chi connectivity index (χ2n) is 5.78. The molecular formula is C18H19N3O5. The molecule has 0 saturated carbocycles. The first kappa shape index (κ1) is 19.0. The molecule has 0 aliphatic rings. The van der Waals surface area contributed by atoms with Crippen LogP contribution in [-0.4, -0.2) is 40.3 Å². The lowest BCUT2D eigenvalue weighted by molar-refractivity contribution is -0.384. The molecule has 26 heavy (non-hydrogen) atoms. The number of non-ortho nitro benzene ring substituents is 1. The molecule has 2 rings (SSSR count). The van der Waals surface area contributed by atoms with E-state index in [1.54, 1.807) is 25.4 Å². The molecule has 0 aliphatic heterocycles. The van der Waals surface area contributed by atoms with Gasteiger partial charge >= 0.3 is 5.97 Å². The molecule has 1 aromatic carbocycles. The average Bonchev–Trinajstić information content (AvgIpc) is 2.67. The first-order valence-electron chi connectivity index (χ1n) is 7.93. The number of amides is 1. The maximum absolute atomic E-state index is 12.9. The van der Waals surface area contributed by atoms with E-state index in [4.69, 9.17) is 4.74 Å². The third kappa shape index (κ3) is 4.85. The van der Waals surface area contributed by atoms with Crippen molar-refractivity contribution < 1.29 is 19.2 Å². The Morgan fingerprint density at radius 1 is 1.31 bits per heavy atom. The van der Waals surface area contributed by atoms with Crippen LogP contribution in [-0.2, 0) is 16.1 Å². The van der Waals surface area contributed by atoms with Crippen LogP contribution in [0.25, 0.3) is 0 Å². The van der Waals surface area contributed by atoms with Crippen LogP contribution >= 0.6 is 0 Å². The second-order valence-corrected chi connectivity index (χ2v) is 5.78. The van der Waals surface area contributed by atoms with E-state index < -0.39 is 22.7 Å². The van der Waals surface area contributed by atoms with E-state index in [9.17, 15) is 19.7 Å². The topological polar surface area (TPSA) is 103 Å². The van der Waals surface area contributed by atoms with Gasteiger partial charge in [-0.05, 0) is 17.7 Å². The van der Waals surface area contributed by atoms with Crippen LogP contribution in [0.1, 0.15) is 22.8 Å². The molecule has 1 aromatic heterocycles. The van der Waals surface area contributed by atoms with Crippen LogP contribution in [0, 0.1) is 16.0 Å². The molecule has 136 valence electrons. The van der Waals surface area contributed by atoms with Crippen molar-refractivity contribution in [2.75, 3.05) is 13.7 Å². The van der Waals surface area contributed by atoms with Gasteiger partial charge in [-0.2, -0.15) is 0 Å². The molecule has 0 saturated heterocycles. The summed E-state index contributed by atoms with van der Waals surface area (Å²) in [5, 5.41) is 11.0. The summed E-state index contributed by atoms with van der Waals surface area (Å²) in [5.74, 6) is -1.39. The maximum Gasteiger partial charge on any atom is 0.310 e. The summed E-state index contributed by atoms with van der Waals surface area (Å²) in [4.78, 5) is 40.5. The second kappa shape index (κ2) is 8.70. The average molecular weight is 357 g/mol. The van der Waals surface area contributed by atoms with E-state index in [-0.39, 0.29) is 24.3 Å². The Balaban J connectivity index is 2.29. The summed E-state index contributed by atoms with van der Waals surface area (Å²) in [5.41, 5.74) is 0.793. The van der Waals surface area contributed by atoms with Crippen LogP contribution in [0.15, 0.2) is 48.8 Å². The lowest BCUT2D eigenvalue weighted by Crippen LogP contribution is -2.37. The third-order valence-corrected chi connectivity index (χ3v) is 3.79. The number of benzene rings is 1. The van der Waals surface area contributed by atoms with Gasteiger partial charge in [-0.3, -0.25) is 24.7 Å². The van der Waals surface area contributed by atoms with E-state index in [2.05, 4.69) is 4.98 Å². The molecule has 0 spiro atoms. The number of pyridine rings is 1. The largest absolute Gasteiger partial charge is 0.469 e. The Kier molecular flexibility index (Phi) is 6.37. The summed E-state index contributed by atoms with van der Waals surface area (Å²) in [6, 6.07) is 9.06. The van der Waals surface area contributed by atoms with Crippen LogP contribution in [0.4, 0.5) is 5.69 Å². The molecule has 8 heteroatoms. The molecule has 0 aliphatic carbocycles. The zero-order valence-corrected chi connectivity index (χ0v) is 14.5. The van der Waals surface area contributed by atoms with Crippen molar-refractivity contribution in [2.24, 2.45) is 5.92 Å². The number of esters is 1.